The van der Waals surface area contributed by atoms with Gasteiger partial charge in [0.15, 0.2) is 17.5 Å². The predicted octanol–water partition coefficient (Wildman–Crippen LogP) is 0.849. The number of aliphatic imine (C=N–C) groups is 1. The van der Waals surface area contributed by atoms with Crippen molar-refractivity contribution in [2.75, 3.05) is 27.9 Å². The molecule has 0 aliphatic carbocycles. The van der Waals surface area contributed by atoms with Crippen molar-refractivity contribution in [1.29, 1.82) is 0 Å². The first-order valence-electron chi connectivity index (χ1n) is 6.56. The first-order valence-corrected chi connectivity index (χ1v) is 6.56. The second kappa shape index (κ2) is 6.34. The molecule has 1 heterocycles. The Kier molecular flexibility index (Phi) is 4.52. The molecule has 7 nitrogen and oxygen atoms in total. The second-order valence-corrected chi connectivity index (χ2v) is 4.31. The zero-order valence-corrected chi connectivity index (χ0v) is 12.5. The number of methoxy groups -OCH3 is 3. The summed E-state index contributed by atoms with van der Waals surface area (Å²) in [6, 6.07) is 2.93. The van der Waals surface area contributed by atoms with E-state index in [2.05, 4.69) is 15.6 Å². The number of amides is 1. The number of hydrogen-bond donors (Lipinski definition) is 2. The van der Waals surface area contributed by atoms with Crippen molar-refractivity contribution < 1.29 is 19.0 Å². The van der Waals surface area contributed by atoms with Crippen LogP contribution in [0.3, 0.4) is 0 Å². The molecule has 1 aromatic rings. The second-order valence-electron chi connectivity index (χ2n) is 4.31. The Labute approximate surface area is 123 Å². The molecule has 1 aliphatic heterocycles. The van der Waals surface area contributed by atoms with Crippen LogP contribution >= 0.6 is 0 Å². The van der Waals surface area contributed by atoms with Gasteiger partial charge in [-0.15, -0.1) is 0 Å². The molecule has 1 unspecified atom stereocenters. The summed E-state index contributed by atoms with van der Waals surface area (Å²) in [4.78, 5) is 16.3. The Morgan fingerprint density at radius 1 is 1.14 bits per heavy atom. The molecule has 0 bridgehead atoms. The van der Waals surface area contributed by atoms with Crippen molar-refractivity contribution in [3.63, 3.8) is 0 Å². The van der Waals surface area contributed by atoms with Crippen molar-refractivity contribution in [1.82, 2.24) is 10.6 Å². The molecule has 2 rings (SSSR count). The number of nitrogens with one attached hydrogen (secondary N) is 2. The van der Waals surface area contributed by atoms with E-state index in [0.717, 1.165) is 0 Å². The average Bonchev–Trinajstić information content (AvgIpc) is 2.86. The Morgan fingerprint density at radius 3 is 2.43 bits per heavy atom. The van der Waals surface area contributed by atoms with Crippen molar-refractivity contribution in [2.24, 2.45) is 4.99 Å². The zero-order chi connectivity index (χ0) is 15.4. The van der Waals surface area contributed by atoms with Crippen LogP contribution in [0, 0.1) is 0 Å². The van der Waals surface area contributed by atoms with Gasteiger partial charge in [-0.1, -0.05) is 0 Å². The fourth-order valence-corrected chi connectivity index (χ4v) is 2.24. The summed E-state index contributed by atoms with van der Waals surface area (Å²) in [7, 11) is 4.59. The van der Waals surface area contributed by atoms with Gasteiger partial charge in [0.1, 0.15) is 6.04 Å². The van der Waals surface area contributed by atoms with Crippen molar-refractivity contribution in [3.05, 3.63) is 17.7 Å². The molecule has 1 amide bonds. The third kappa shape index (κ3) is 2.72. The van der Waals surface area contributed by atoms with E-state index in [-0.39, 0.29) is 5.91 Å². The number of ether oxygens (including phenoxy) is 3. The minimum Gasteiger partial charge on any atom is -0.493 e. The minimum atomic E-state index is -0.579. The van der Waals surface area contributed by atoms with Crippen LogP contribution in [0.4, 0.5) is 0 Å². The van der Waals surface area contributed by atoms with Crippen LogP contribution in [0.2, 0.25) is 0 Å². The lowest BCUT2D eigenvalue weighted by atomic mass is 10.0. The molecule has 0 aromatic heterocycles. The lowest BCUT2D eigenvalue weighted by Crippen LogP contribution is -2.25. The lowest BCUT2D eigenvalue weighted by molar-refractivity contribution is -0.120. The van der Waals surface area contributed by atoms with Gasteiger partial charge in [-0.3, -0.25) is 15.1 Å². The van der Waals surface area contributed by atoms with E-state index < -0.39 is 6.04 Å². The first-order chi connectivity index (χ1) is 10.2. The number of carbonyl (C=O) groups is 1. The maximum Gasteiger partial charge on any atom is 0.254 e. The number of carbonyl (C=O) groups excluding carboxylic acids is 1. The van der Waals surface area contributed by atoms with Gasteiger partial charge in [0.2, 0.25) is 5.75 Å². The van der Waals surface area contributed by atoms with Crippen LogP contribution < -0.4 is 24.8 Å². The normalized spacial score (nSPS) is 19.1. The minimum absolute atomic E-state index is 0.187. The molecule has 1 fully saturated rings. The molecule has 0 saturated carbocycles. The third-order valence-corrected chi connectivity index (χ3v) is 3.15. The van der Waals surface area contributed by atoms with Gasteiger partial charge < -0.3 is 19.5 Å². The summed E-state index contributed by atoms with van der Waals surface area (Å²) in [5.74, 6) is 1.73. The molecule has 2 N–H and O–H groups in total. The SMILES string of the molecule is CCN=C1NC(=O)C(c2ccc(OC)c(OC)c2OC)N1. The molecule has 1 saturated heterocycles. The quantitative estimate of drug-likeness (QED) is 0.841. The summed E-state index contributed by atoms with van der Waals surface area (Å²) in [6.45, 7) is 2.48. The van der Waals surface area contributed by atoms with E-state index in [0.29, 0.717) is 35.3 Å². The highest BCUT2D eigenvalue weighted by atomic mass is 16.5. The maximum absolute atomic E-state index is 12.1. The molecule has 1 aromatic carbocycles. The molecule has 0 radical (unpaired) electrons. The first kappa shape index (κ1) is 15.0. The van der Waals surface area contributed by atoms with Crippen molar-refractivity contribution in [2.45, 2.75) is 13.0 Å². The highest BCUT2D eigenvalue weighted by Gasteiger charge is 2.33. The number of rotatable bonds is 5. The highest BCUT2D eigenvalue weighted by molar-refractivity contribution is 6.07. The summed E-state index contributed by atoms with van der Waals surface area (Å²) in [6.07, 6.45) is 0. The number of benzene rings is 1. The molecule has 1 atom stereocenters. The Balaban J connectivity index is 2.45. The predicted molar refractivity (Wildman–Crippen MR) is 78.1 cm³/mol. The molecule has 1 aliphatic rings. The molecule has 114 valence electrons. The average molecular weight is 293 g/mol. The standard InChI is InChI=1S/C14H19N3O4/c1-5-15-14-16-10(13(18)17-14)8-6-7-9(19-2)12(21-4)11(8)20-3/h6-7,10H,5H2,1-4H3,(H2,15,16,17,18). The van der Waals surface area contributed by atoms with E-state index in [1.165, 1.54) is 14.2 Å². The smallest absolute Gasteiger partial charge is 0.254 e. The van der Waals surface area contributed by atoms with Crippen LogP contribution in [0.5, 0.6) is 17.2 Å². The highest BCUT2D eigenvalue weighted by Crippen LogP contribution is 2.42. The van der Waals surface area contributed by atoms with Crippen molar-refractivity contribution >= 4 is 11.9 Å². The van der Waals surface area contributed by atoms with Gasteiger partial charge in [0.25, 0.3) is 5.91 Å². The number of guanidine groups is 1. The largest absolute Gasteiger partial charge is 0.493 e. The Hall–Kier alpha value is -2.44. The maximum atomic E-state index is 12.1. The number of hydrogen-bond acceptors (Lipinski definition) is 5. The summed E-state index contributed by atoms with van der Waals surface area (Å²) < 4.78 is 16.0. The third-order valence-electron chi connectivity index (χ3n) is 3.15. The lowest BCUT2D eigenvalue weighted by Gasteiger charge is -2.18. The fourth-order valence-electron chi connectivity index (χ4n) is 2.24. The van der Waals surface area contributed by atoms with E-state index in [1.54, 1.807) is 19.2 Å². The molecular weight excluding hydrogens is 274 g/mol. The Morgan fingerprint density at radius 2 is 1.86 bits per heavy atom. The molecule has 21 heavy (non-hydrogen) atoms. The van der Waals surface area contributed by atoms with Gasteiger partial charge in [0.05, 0.1) is 21.3 Å². The fraction of sp³-hybridized carbons (Fsp3) is 0.429. The van der Waals surface area contributed by atoms with Gasteiger partial charge in [-0.05, 0) is 19.1 Å². The summed E-state index contributed by atoms with van der Waals surface area (Å²) in [5, 5.41) is 5.73. The zero-order valence-electron chi connectivity index (χ0n) is 12.5. The Bertz CT molecular complexity index is 572. The van der Waals surface area contributed by atoms with E-state index in [4.69, 9.17) is 14.2 Å². The van der Waals surface area contributed by atoms with Crippen LogP contribution in [-0.4, -0.2) is 39.7 Å². The molecule has 0 spiro atoms. The monoisotopic (exact) mass is 293 g/mol. The van der Waals surface area contributed by atoms with Crippen LogP contribution in [0.15, 0.2) is 17.1 Å². The van der Waals surface area contributed by atoms with Crippen LogP contribution in [-0.2, 0) is 4.79 Å². The van der Waals surface area contributed by atoms with Crippen LogP contribution in [0.25, 0.3) is 0 Å². The summed E-state index contributed by atoms with van der Waals surface area (Å²) >= 11 is 0. The topological polar surface area (TPSA) is 81.2 Å². The van der Waals surface area contributed by atoms with E-state index in [9.17, 15) is 4.79 Å². The van der Waals surface area contributed by atoms with E-state index >= 15 is 0 Å². The molecule has 7 heteroatoms. The van der Waals surface area contributed by atoms with Gasteiger partial charge >= 0.3 is 0 Å². The van der Waals surface area contributed by atoms with Gasteiger partial charge in [-0.2, -0.15) is 0 Å². The van der Waals surface area contributed by atoms with E-state index in [1.807, 2.05) is 6.92 Å². The van der Waals surface area contributed by atoms with Gasteiger partial charge in [0, 0.05) is 12.1 Å². The van der Waals surface area contributed by atoms with Crippen LogP contribution in [0.1, 0.15) is 18.5 Å². The van der Waals surface area contributed by atoms with Crippen molar-refractivity contribution in [3.8, 4) is 17.2 Å². The molecular formula is C14H19N3O4. The van der Waals surface area contributed by atoms with Gasteiger partial charge in [-0.25, -0.2) is 0 Å². The number of nitrogens with zero attached hydrogens (tertiary/aromatic N) is 1. The summed E-state index contributed by atoms with van der Waals surface area (Å²) in [5.41, 5.74) is 0.661.